The van der Waals surface area contributed by atoms with Crippen LogP contribution in [-0.4, -0.2) is 60.3 Å². The Morgan fingerprint density at radius 2 is 1.93 bits per heavy atom. The van der Waals surface area contributed by atoms with E-state index < -0.39 is 0 Å². The van der Waals surface area contributed by atoms with Gasteiger partial charge in [-0.25, -0.2) is 0 Å². The van der Waals surface area contributed by atoms with Crippen molar-refractivity contribution < 1.29 is 9.15 Å². The molecule has 0 aromatic carbocycles. The highest BCUT2D eigenvalue weighted by atomic mass is 32.1. The van der Waals surface area contributed by atoms with Gasteiger partial charge >= 0.3 is 0 Å². The van der Waals surface area contributed by atoms with Crippen LogP contribution in [0.4, 0.5) is 0 Å². The van der Waals surface area contributed by atoms with Gasteiger partial charge in [-0.05, 0) is 50.5 Å². The lowest BCUT2D eigenvalue weighted by molar-refractivity contribution is 0.0367. The van der Waals surface area contributed by atoms with Crippen molar-refractivity contribution in [2.45, 2.75) is 64.5 Å². The van der Waals surface area contributed by atoms with Gasteiger partial charge in [0.05, 0.1) is 19.8 Å². The zero-order valence-electron chi connectivity index (χ0n) is 16.8. The molecule has 1 aromatic rings. The quantitative estimate of drug-likeness (QED) is 0.563. The predicted octanol–water partition coefficient (Wildman–Crippen LogP) is 3.71. The molecule has 0 bridgehead atoms. The Morgan fingerprint density at radius 3 is 2.59 bits per heavy atom. The van der Waals surface area contributed by atoms with Gasteiger partial charge in [0.15, 0.2) is 5.11 Å². The first-order valence-corrected chi connectivity index (χ1v) is 11.0. The number of morpholine rings is 1. The van der Waals surface area contributed by atoms with Gasteiger partial charge in [-0.15, -0.1) is 0 Å². The zero-order chi connectivity index (χ0) is 18.9. The van der Waals surface area contributed by atoms with Crippen molar-refractivity contribution in [1.82, 2.24) is 15.1 Å². The van der Waals surface area contributed by atoms with Gasteiger partial charge in [0.2, 0.25) is 0 Å². The van der Waals surface area contributed by atoms with Gasteiger partial charge in [0.25, 0.3) is 0 Å². The third kappa shape index (κ3) is 7.09. The van der Waals surface area contributed by atoms with E-state index in [1.165, 1.54) is 38.5 Å². The van der Waals surface area contributed by atoms with E-state index in [2.05, 4.69) is 21.2 Å². The maximum atomic E-state index is 5.82. The summed E-state index contributed by atoms with van der Waals surface area (Å²) in [6, 6.07) is 4.63. The molecule has 0 radical (unpaired) electrons. The van der Waals surface area contributed by atoms with Crippen molar-refractivity contribution in [2.24, 2.45) is 0 Å². The fraction of sp³-hybridized carbons (Fsp3) is 0.762. The van der Waals surface area contributed by atoms with Crippen LogP contribution in [0.15, 0.2) is 16.5 Å². The average molecular weight is 394 g/mol. The predicted molar refractivity (Wildman–Crippen MR) is 113 cm³/mol. The Morgan fingerprint density at radius 1 is 1.19 bits per heavy atom. The summed E-state index contributed by atoms with van der Waals surface area (Å²) in [5, 5.41) is 4.54. The molecular weight excluding hydrogens is 358 g/mol. The molecule has 1 N–H and O–H groups in total. The molecule has 5 nitrogen and oxygen atoms in total. The van der Waals surface area contributed by atoms with Crippen LogP contribution in [0.3, 0.4) is 0 Å². The number of aryl methyl sites for hydroxylation is 1. The van der Waals surface area contributed by atoms with Crippen molar-refractivity contribution in [3.05, 3.63) is 23.7 Å². The van der Waals surface area contributed by atoms with Crippen LogP contribution < -0.4 is 5.32 Å². The molecule has 0 atom stereocenters. The average Bonchev–Trinajstić information content (AvgIpc) is 2.91. The van der Waals surface area contributed by atoms with E-state index >= 15 is 0 Å². The van der Waals surface area contributed by atoms with Crippen molar-refractivity contribution in [3.63, 3.8) is 0 Å². The van der Waals surface area contributed by atoms with Gasteiger partial charge in [0, 0.05) is 32.2 Å². The minimum atomic E-state index is 0.528. The molecule has 3 rings (SSSR count). The number of hydrogen-bond donors (Lipinski definition) is 1. The number of nitrogens with zero attached hydrogens (tertiary/aromatic N) is 2. The molecular formula is C21H35N3O2S. The number of hydrogen-bond acceptors (Lipinski definition) is 4. The molecule has 2 aliphatic rings. The van der Waals surface area contributed by atoms with Crippen LogP contribution in [0.5, 0.6) is 0 Å². The summed E-state index contributed by atoms with van der Waals surface area (Å²) in [6.45, 7) is 8.60. The fourth-order valence-electron chi connectivity index (χ4n) is 4.01. The normalized spacial score (nSPS) is 19.6. The summed E-state index contributed by atoms with van der Waals surface area (Å²) < 4.78 is 11.3. The van der Waals surface area contributed by atoms with Gasteiger partial charge in [0.1, 0.15) is 11.5 Å². The molecule has 0 spiro atoms. The molecule has 1 aromatic heterocycles. The smallest absolute Gasteiger partial charge is 0.169 e. The van der Waals surface area contributed by atoms with Crippen LogP contribution >= 0.6 is 12.2 Å². The lowest BCUT2D eigenvalue weighted by atomic mass is 10.1. The minimum absolute atomic E-state index is 0.528. The van der Waals surface area contributed by atoms with E-state index in [1.807, 2.05) is 13.0 Å². The lowest BCUT2D eigenvalue weighted by Crippen LogP contribution is -2.45. The molecule has 1 aliphatic heterocycles. The molecule has 27 heavy (non-hydrogen) atoms. The summed E-state index contributed by atoms with van der Waals surface area (Å²) in [5.74, 6) is 1.95. The highest BCUT2D eigenvalue weighted by Gasteiger charge is 2.18. The molecule has 6 heteroatoms. The van der Waals surface area contributed by atoms with Crippen LogP contribution in [0.2, 0.25) is 0 Å². The fourth-order valence-corrected chi connectivity index (χ4v) is 4.33. The Hall–Kier alpha value is -1.11. The molecule has 2 fully saturated rings. The molecule has 0 unspecified atom stereocenters. The van der Waals surface area contributed by atoms with Crippen molar-refractivity contribution >= 4 is 17.3 Å². The maximum Gasteiger partial charge on any atom is 0.169 e. The Balaban J connectivity index is 1.53. The van der Waals surface area contributed by atoms with Gasteiger partial charge < -0.3 is 19.4 Å². The molecule has 1 saturated heterocycles. The summed E-state index contributed by atoms with van der Waals surface area (Å²) in [6.07, 6.45) is 8.93. The number of ether oxygens (including phenoxy) is 1. The van der Waals surface area contributed by atoms with E-state index in [9.17, 15) is 0 Å². The third-order valence-electron chi connectivity index (χ3n) is 5.62. The van der Waals surface area contributed by atoms with E-state index in [1.54, 1.807) is 0 Å². The minimum Gasteiger partial charge on any atom is -0.464 e. The van der Waals surface area contributed by atoms with E-state index in [0.717, 1.165) is 69.0 Å². The van der Waals surface area contributed by atoms with Crippen molar-refractivity contribution in [3.8, 4) is 0 Å². The molecule has 1 aliphatic carbocycles. The number of rotatable bonds is 7. The maximum absolute atomic E-state index is 5.82. The Bertz CT molecular complexity index is 564. The third-order valence-corrected chi connectivity index (χ3v) is 5.99. The van der Waals surface area contributed by atoms with Crippen LogP contribution in [0, 0.1) is 6.92 Å². The number of nitrogens with one attached hydrogen (secondary N) is 1. The monoisotopic (exact) mass is 393 g/mol. The van der Waals surface area contributed by atoms with E-state index in [-0.39, 0.29) is 0 Å². The second-order valence-corrected chi connectivity index (χ2v) is 8.27. The number of thiocarbonyl (C=S) groups is 1. The molecule has 152 valence electrons. The highest BCUT2D eigenvalue weighted by Crippen LogP contribution is 2.18. The summed E-state index contributed by atoms with van der Waals surface area (Å²) in [5.41, 5.74) is 0. The van der Waals surface area contributed by atoms with Gasteiger partial charge in [-0.1, -0.05) is 25.7 Å². The van der Waals surface area contributed by atoms with Gasteiger partial charge in [-0.3, -0.25) is 4.90 Å². The Kier molecular flexibility index (Phi) is 8.42. The van der Waals surface area contributed by atoms with E-state index in [0.29, 0.717) is 6.04 Å². The lowest BCUT2D eigenvalue weighted by Gasteiger charge is -2.30. The second kappa shape index (κ2) is 11.0. The standard InChI is InChI=1S/C21H35N3O2S/c1-18-9-10-20(26-18)17-24(12-6-11-23-13-15-25-16-14-23)21(27)22-19-7-4-2-3-5-8-19/h9-10,19H,2-8,11-17H2,1H3,(H,22,27). The van der Waals surface area contributed by atoms with Crippen LogP contribution in [-0.2, 0) is 11.3 Å². The Labute approximate surface area is 169 Å². The van der Waals surface area contributed by atoms with Gasteiger partial charge in [-0.2, -0.15) is 0 Å². The SMILES string of the molecule is Cc1ccc(CN(CCCN2CCOCC2)C(=S)NC2CCCCCC2)o1. The summed E-state index contributed by atoms with van der Waals surface area (Å²) >= 11 is 5.82. The molecule has 2 heterocycles. The second-order valence-electron chi connectivity index (χ2n) is 7.88. The summed E-state index contributed by atoms with van der Waals surface area (Å²) in [4.78, 5) is 4.78. The first-order valence-electron chi connectivity index (χ1n) is 10.6. The summed E-state index contributed by atoms with van der Waals surface area (Å²) in [7, 11) is 0. The largest absolute Gasteiger partial charge is 0.464 e. The first-order chi connectivity index (χ1) is 13.2. The van der Waals surface area contributed by atoms with Crippen LogP contribution in [0.25, 0.3) is 0 Å². The topological polar surface area (TPSA) is 40.9 Å². The van der Waals surface area contributed by atoms with Crippen LogP contribution in [0.1, 0.15) is 56.5 Å². The van der Waals surface area contributed by atoms with Crippen molar-refractivity contribution in [2.75, 3.05) is 39.4 Å². The van der Waals surface area contributed by atoms with Crippen molar-refractivity contribution in [1.29, 1.82) is 0 Å². The molecule has 1 saturated carbocycles. The molecule has 0 amide bonds. The number of furan rings is 1. The zero-order valence-corrected chi connectivity index (χ0v) is 17.6. The first kappa shape index (κ1) is 20.6. The van der Waals surface area contributed by atoms with E-state index in [4.69, 9.17) is 21.4 Å². The highest BCUT2D eigenvalue weighted by molar-refractivity contribution is 7.80.